The monoisotopic (exact) mass is 434 g/mol. The maximum absolute atomic E-state index is 14.0. The molecule has 1 aromatic carbocycles. The van der Waals surface area contributed by atoms with Crippen molar-refractivity contribution in [3.63, 3.8) is 0 Å². The molecule has 166 valence electrons. The average Bonchev–Trinajstić information content (AvgIpc) is 3.30. The third-order valence-electron chi connectivity index (χ3n) is 6.46. The van der Waals surface area contributed by atoms with Crippen molar-refractivity contribution in [3.05, 3.63) is 41.7 Å². The number of aromatic nitrogens is 2. The predicted molar refractivity (Wildman–Crippen MR) is 108 cm³/mol. The van der Waals surface area contributed by atoms with Crippen molar-refractivity contribution in [2.45, 2.75) is 25.0 Å². The van der Waals surface area contributed by atoms with Crippen LogP contribution in [-0.4, -0.2) is 66.7 Å². The van der Waals surface area contributed by atoms with Gasteiger partial charge >= 0.3 is 0 Å². The van der Waals surface area contributed by atoms with Gasteiger partial charge in [0.2, 0.25) is 0 Å². The van der Waals surface area contributed by atoms with Gasteiger partial charge in [0.05, 0.1) is 31.6 Å². The summed E-state index contributed by atoms with van der Waals surface area (Å²) in [5.41, 5.74) is -0.145. The van der Waals surface area contributed by atoms with E-state index < -0.39 is 17.5 Å². The molecule has 0 bridgehead atoms. The van der Waals surface area contributed by atoms with Crippen LogP contribution in [0, 0.1) is 29.3 Å². The van der Waals surface area contributed by atoms with E-state index in [1.165, 1.54) is 6.07 Å². The quantitative estimate of drug-likeness (QED) is 0.730. The molecule has 4 atom stereocenters. The van der Waals surface area contributed by atoms with Crippen LogP contribution in [0.5, 0.6) is 0 Å². The fraction of sp³-hybridized carbons (Fsp3) is 0.545. The summed E-state index contributed by atoms with van der Waals surface area (Å²) in [7, 11) is 0. The van der Waals surface area contributed by atoms with Crippen LogP contribution in [-0.2, 0) is 9.47 Å². The van der Waals surface area contributed by atoms with Crippen molar-refractivity contribution in [3.8, 4) is 11.3 Å². The van der Waals surface area contributed by atoms with Crippen LogP contribution in [0.3, 0.4) is 0 Å². The first-order valence-corrected chi connectivity index (χ1v) is 10.7. The largest absolute Gasteiger partial charge is 0.376 e. The SMILES string of the molecule is Fc1cc(F)c(F)c(-c2ccc(NC3C[C@@H]4CN(C[C@H]5COCCO5)C[C@@H]4C3)nn2)c1. The van der Waals surface area contributed by atoms with Crippen molar-refractivity contribution in [2.24, 2.45) is 11.8 Å². The summed E-state index contributed by atoms with van der Waals surface area (Å²) in [5.74, 6) is -1.37. The van der Waals surface area contributed by atoms with E-state index in [1.54, 1.807) is 6.07 Å². The van der Waals surface area contributed by atoms with Crippen molar-refractivity contribution < 1.29 is 22.6 Å². The Morgan fingerprint density at radius 2 is 1.84 bits per heavy atom. The summed E-state index contributed by atoms with van der Waals surface area (Å²) in [6.07, 6.45) is 2.28. The van der Waals surface area contributed by atoms with Gasteiger partial charge in [-0.15, -0.1) is 10.2 Å². The second-order valence-corrected chi connectivity index (χ2v) is 8.67. The van der Waals surface area contributed by atoms with Gasteiger partial charge in [-0.25, -0.2) is 13.2 Å². The zero-order valence-electron chi connectivity index (χ0n) is 17.1. The third-order valence-corrected chi connectivity index (χ3v) is 6.46. The molecular formula is C22H25F3N4O2. The second-order valence-electron chi connectivity index (χ2n) is 8.67. The van der Waals surface area contributed by atoms with Crippen LogP contribution in [0.15, 0.2) is 24.3 Å². The first-order valence-electron chi connectivity index (χ1n) is 10.7. The van der Waals surface area contributed by atoms with Crippen LogP contribution in [0.4, 0.5) is 19.0 Å². The van der Waals surface area contributed by atoms with Crippen LogP contribution >= 0.6 is 0 Å². The zero-order valence-corrected chi connectivity index (χ0v) is 17.1. The highest BCUT2D eigenvalue weighted by atomic mass is 19.2. The summed E-state index contributed by atoms with van der Waals surface area (Å²) in [6.45, 7) is 5.10. The number of rotatable bonds is 5. The summed E-state index contributed by atoms with van der Waals surface area (Å²) >= 11 is 0. The highest BCUT2D eigenvalue weighted by Crippen LogP contribution is 2.39. The van der Waals surface area contributed by atoms with Crippen LogP contribution in [0.25, 0.3) is 11.3 Å². The number of anilines is 1. The average molecular weight is 434 g/mol. The molecule has 1 N–H and O–H groups in total. The lowest BCUT2D eigenvalue weighted by Crippen LogP contribution is -2.39. The summed E-state index contributed by atoms with van der Waals surface area (Å²) in [6, 6.07) is 4.93. The van der Waals surface area contributed by atoms with Gasteiger partial charge in [-0.2, -0.15) is 0 Å². The van der Waals surface area contributed by atoms with Crippen molar-refractivity contribution >= 4 is 5.82 Å². The molecule has 1 aliphatic carbocycles. The predicted octanol–water partition coefficient (Wildman–Crippen LogP) is 3.10. The lowest BCUT2D eigenvalue weighted by Gasteiger charge is -2.28. The Labute approximate surface area is 178 Å². The van der Waals surface area contributed by atoms with E-state index in [0.29, 0.717) is 49.6 Å². The van der Waals surface area contributed by atoms with Crippen LogP contribution < -0.4 is 5.32 Å². The second kappa shape index (κ2) is 8.72. The zero-order chi connectivity index (χ0) is 21.4. The first-order chi connectivity index (χ1) is 15.0. The van der Waals surface area contributed by atoms with Gasteiger partial charge in [-0.05, 0) is 42.9 Å². The topological polar surface area (TPSA) is 59.5 Å². The van der Waals surface area contributed by atoms with E-state index in [0.717, 1.165) is 38.5 Å². The van der Waals surface area contributed by atoms with Gasteiger partial charge in [-0.3, -0.25) is 0 Å². The minimum atomic E-state index is -1.24. The Morgan fingerprint density at radius 3 is 2.52 bits per heavy atom. The molecule has 0 radical (unpaired) electrons. The van der Waals surface area contributed by atoms with E-state index in [2.05, 4.69) is 20.4 Å². The molecule has 3 fully saturated rings. The summed E-state index contributed by atoms with van der Waals surface area (Å²) in [5, 5.41) is 11.5. The number of hydrogen-bond donors (Lipinski definition) is 1. The lowest BCUT2D eigenvalue weighted by molar-refractivity contribution is -0.0964. The van der Waals surface area contributed by atoms with Crippen LogP contribution in [0.2, 0.25) is 0 Å². The number of nitrogens with zero attached hydrogens (tertiary/aromatic N) is 3. The molecule has 2 saturated heterocycles. The van der Waals surface area contributed by atoms with Gasteiger partial charge in [0, 0.05) is 37.3 Å². The molecule has 0 spiro atoms. The molecule has 6 nitrogen and oxygen atoms in total. The van der Waals surface area contributed by atoms with E-state index in [4.69, 9.17) is 9.47 Å². The van der Waals surface area contributed by atoms with Crippen molar-refractivity contribution in [2.75, 3.05) is 44.8 Å². The summed E-state index contributed by atoms with van der Waals surface area (Å²) in [4.78, 5) is 2.48. The minimum Gasteiger partial charge on any atom is -0.376 e. The molecule has 1 saturated carbocycles. The Balaban J connectivity index is 1.16. The van der Waals surface area contributed by atoms with E-state index in [-0.39, 0.29) is 17.4 Å². The van der Waals surface area contributed by atoms with Gasteiger partial charge in [-0.1, -0.05) is 0 Å². The minimum absolute atomic E-state index is 0.0919. The first kappa shape index (κ1) is 20.7. The number of fused-ring (bicyclic) bond motifs is 1. The smallest absolute Gasteiger partial charge is 0.168 e. The molecule has 1 aromatic heterocycles. The Morgan fingerprint density at radius 1 is 1.03 bits per heavy atom. The van der Waals surface area contributed by atoms with Crippen molar-refractivity contribution in [1.29, 1.82) is 0 Å². The van der Waals surface area contributed by atoms with E-state index in [9.17, 15) is 13.2 Å². The van der Waals surface area contributed by atoms with Gasteiger partial charge in [0.15, 0.2) is 11.6 Å². The molecule has 3 heterocycles. The fourth-order valence-corrected chi connectivity index (χ4v) is 5.10. The summed E-state index contributed by atoms with van der Waals surface area (Å²) < 4.78 is 52.1. The van der Waals surface area contributed by atoms with Gasteiger partial charge in [0.1, 0.15) is 11.6 Å². The molecule has 0 amide bonds. The maximum Gasteiger partial charge on any atom is 0.168 e. The molecular weight excluding hydrogens is 409 g/mol. The number of benzene rings is 1. The Hall–Kier alpha value is -2.23. The fourth-order valence-electron chi connectivity index (χ4n) is 5.10. The number of likely N-dealkylation sites (tertiary alicyclic amines) is 1. The normalized spacial score (nSPS) is 28.6. The van der Waals surface area contributed by atoms with Crippen LogP contribution in [0.1, 0.15) is 12.8 Å². The molecule has 5 rings (SSSR count). The Bertz CT molecular complexity index is 910. The lowest BCUT2D eigenvalue weighted by atomic mass is 10.0. The molecule has 1 unspecified atom stereocenters. The Kier molecular flexibility index (Phi) is 5.81. The number of nitrogens with one attached hydrogen (secondary N) is 1. The van der Waals surface area contributed by atoms with Crippen molar-refractivity contribution in [1.82, 2.24) is 15.1 Å². The number of halogens is 3. The molecule has 2 aromatic rings. The molecule has 3 aliphatic rings. The maximum atomic E-state index is 14.0. The van der Waals surface area contributed by atoms with E-state index in [1.807, 2.05) is 0 Å². The molecule has 9 heteroatoms. The van der Waals surface area contributed by atoms with Gasteiger partial charge < -0.3 is 19.7 Å². The highest BCUT2D eigenvalue weighted by molar-refractivity contribution is 5.60. The third kappa shape index (κ3) is 4.53. The molecule has 31 heavy (non-hydrogen) atoms. The van der Waals surface area contributed by atoms with Gasteiger partial charge in [0.25, 0.3) is 0 Å². The number of hydrogen-bond acceptors (Lipinski definition) is 6. The number of ether oxygens (including phenoxy) is 2. The molecule has 2 aliphatic heterocycles. The highest BCUT2D eigenvalue weighted by Gasteiger charge is 2.41. The standard InChI is InChI=1S/C22H25F3N4O2/c23-15-7-18(22(25)19(24)8-15)20-1-2-21(28-27-20)26-16-5-13-9-29(10-14(13)6-16)11-17-12-30-3-4-31-17/h1-2,7-8,13-14,16-17H,3-6,9-12H2,(H,26,28)/t13-,14+,16?,17-/m0/s1. The van der Waals surface area contributed by atoms with E-state index >= 15 is 0 Å².